The van der Waals surface area contributed by atoms with E-state index in [9.17, 15) is 9.59 Å². The predicted molar refractivity (Wildman–Crippen MR) is 109 cm³/mol. The molecule has 0 aliphatic heterocycles. The maximum absolute atomic E-state index is 12.3. The molecule has 28 heavy (non-hydrogen) atoms. The van der Waals surface area contributed by atoms with Gasteiger partial charge in [0.05, 0.1) is 12.2 Å². The van der Waals surface area contributed by atoms with Crippen LogP contribution < -0.4 is 9.47 Å². The summed E-state index contributed by atoms with van der Waals surface area (Å²) in [4.78, 5) is 24.4. The van der Waals surface area contributed by atoms with E-state index in [4.69, 9.17) is 9.47 Å². The molecule has 0 saturated heterocycles. The molecule has 3 rings (SSSR count). The van der Waals surface area contributed by atoms with Crippen LogP contribution in [0.25, 0.3) is 6.08 Å². The minimum Gasteiger partial charge on any atom is -0.494 e. The summed E-state index contributed by atoms with van der Waals surface area (Å²) >= 11 is 0. The van der Waals surface area contributed by atoms with Crippen molar-refractivity contribution in [2.75, 3.05) is 6.61 Å². The third-order valence-electron chi connectivity index (χ3n) is 3.98. The highest BCUT2D eigenvalue weighted by Gasteiger charge is 2.08. The third-order valence-corrected chi connectivity index (χ3v) is 3.98. The number of carbonyl (C=O) groups excluding carboxylic acids is 2. The molecular weight excluding hydrogens is 352 g/mol. The SMILES string of the molecule is CCOc1ccc(C=CC(=O)c2ccc(OC(=O)c3ccccc3)cc2)cc1. The van der Waals surface area contributed by atoms with Crippen molar-refractivity contribution in [3.63, 3.8) is 0 Å². The predicted octanol–water partition coefficient (Wildman–Crippen LogP) is 5.20. The van der Waals surface area contributed by atoms with Crippen LogP contribution in [0.3, 0.4) is 0 Å². The Morgan fingerprint density at radius 2 is 1.43 bits per heavy atom. The molecule has 4 heteroatoms. The van der Waals surface area contributed by atoms with Crippen LogP contribution >= 0.6 is 0 Å². The fraction of sp³-hybridized carbons (Fsp3) is 0.0833. The first-order valence-electron chi connectivity index (χ1n) is 8.98. The lowest BCUT2D eigenvalue weighted by Crippen LogP contribution is -2.08. The highest BCUT2D eigenvalue weighted by Crippen LogP contribution is 2.16. The number of ether oxygens (including phenoxy) is 2. The highest BCUT2D eigenvalue weighted by molar-refractivity contribution is 6.06. The van der Waals surface area contributed by atoms with E-state index < -0.39 is 5.97 Å². The van der Waals surface area contributed by atoms with Gasteiger partial charge in [0.2, 0.25) is 0 Å². The number of benzene rings is 3. The van der Waals surface area contributed by atoms with Crippen LogP contribution in [-0.4, -0.2) is 18.4 Å². The summed E-state index contributed by atoms with van der Waals surface area (Å²) in [6.45, 7) is 2.55. The molecule has 0 fully saturated rings. The Hall–Kier alpha value is -3.66. The van der Waals surface area contributed by atoms with Gasteiger partial charge in [0.1, 0.15) is 11.5 Å². The second-order valence-electron chi connectivity index (χ2n) is 5.98. The van der Waals surface area contributed by atoms with Crippen molar-refractivity contribution < 1.29 is 19.1 Å². The number of ketones is 1. The van der Waals surface area contributed by atoms with Crippen LogP contribution in [0.4, 0.5) is 0 Å². The average Bonchev–Trinajstić information content (AvgIpc) is 2.74. The molecule has 0 aliphatic rings. The molecule has 0 atom stereocenters. The van der Waals surface area contributed by atoms with Crippen molar-refractivity contribution in [3.8, 4) is 11.5 Å². The van der Waals surface area contributed by atoms with E-state index in [2.05, 4.69) is 0 Å². The molecule has 4 nitrogen and oxygen atoms in total. The Morgan fingerprint density at radius 1 is 0.786 bits per heavy atom. The molecule has 0 aliphatic carbocycles. The second kappa shape index (κ2) is 9.33. The van der Waals surface area contributed by atoms with Gasteiger partial charge in [-0.15, -0.1) is 0 Å². The maximum Gasteiger partial charge on any atom is 0.343 e. The number of carbonyl (C=O) groups is 2. The quantitative estimate of drug-likeness (QED) is 0.248. The fourth-order valence-electron chi connectivity index (χ4n) is 2.54. The van der Waals surface area contributed by atoms with Gasteiger partial charge in [0, 0.05) is 5.56 Å². The van der Waals surface area contributed by atoms with Gasteiger partial charge < -0.3 is 9.47 Å². The van der Waals surface area contributed by atoms with Crippen LogP contribution in [0.5, 0.6) is 11.5 Å². The van der Waals surface area contributed by atoms with Crippen LogP contribution in [0.1, 0.15) is 33.2 Å². The van der Waals surface area contributed by atoms with E-state index in [-0.39, 0.29) is 5.78 Å². The van der Waals surface area contributed by atoms with Crippen LogP contribution in [-0.2, 0) is 0 Å². The van der Waals surface area contributed by atoms with Crippen molar-refractivity contribution in [1.82, 2.24) is 0 Å². The van der Waals surface area contributed by atoms with Crippen LogP contribution in [0, 0.1) is 0 Å². The first-order chi connectivity index (χ1) is 13.7. The molecule has 3 aromatic carbocycles. The normalized spacial score (nSPS) is 10.6. The van der Waals surface area contributed by atoms with Crippen molar-refractivity contribution in [3.05, 3.63) is 102 Å². The number of esters is 1. The Balaban J connectivity index is 1.61. The van der Waals surface area contributed by atoms with Crippen molar-refractivity contribution >= 4 is 17.8 Å². The lowest BCUT2D eigenvalue weighted by Gasteiger charge is -2.05. The van der Waals surface area contributed by atoms with Crippen molar-refractivity contribution in [2.24, 2.45) is 0 Å². The van der Waals surface area contributed by atoms with E-state index in [1.54, 1.807) is 54.6 Å². The zero-order chi connectivity index (χ0) is 19.8. The van der Waals surface area contributed by atoms with Gasteiger partial charge in [-0.3, -0.25) is 4.79 Å². The fourth-order valence-corrected chi connectivity index (χ4v) is 2.54. The van der Waals surface area contributed by atoms with E-state index in [1.165, 1.54) is 6.08 Å². The number of allylic oxidation sites excluding steroid dienone is 1. The van der Waals surface area contributed by atoms with Gasteiger partial charge in [-0.05, 0) is 67.1 Å². The molecule has 140 valence electrons. The van der Waals surface area contributed by atoms with Crippen molar-refractivity contribution in [1.29, 1.82) is 0 Å². The number of hydrogen-bond acceptors (Lipinski definition) is 4. The Kier molecular flexibility index (Phi) is 6.37. The van der Waals surface area contributed by atoms with E-state index >= 15 is 0 Å². The largest absolute Gasteiger partial charge is 0.494 e. The smallest absolute Gasteiger partial charge is 0.343 e. The first kappa shape index (κ1) is 19.1. The van der Waals surface area contributed by atoms with E-state index in [0.29, 0.717) is 23.5 Å². The summed E-state index contributed by atoms with van der Waals surface area (Å²) in [7, 11) is 0. The van der Waals surface area contributed by atoms with Gasteiger partial charge >= 0.3 is 5.97 Å². The molecule has 3 aromatic rings. The van der Waals surface area contributed by atoms with Crippen LogP contribution in [0.15, 0.2) is 84.9 Å². The molecule has 0 heterocycles. The summed E-state index contributed by atoms with van der Waals surface area (Å²) in [5.74, 6) is 0.623. The Labute approximate surface area is 164 Å². The molecule has 0 spiro atoms. The summed E-state index contributed by atoms with van der Waals surface area (Å²) < 4.78 is 10.7. The third kappa shape index (κ3) is 5.17. The van der Waals surface area contributed by atoms with Gasteiger partial charge in [0.15, 0.2) is 5.78 Å². The average molecular weight is 372 g/mol. The maximum atomic E-state index is 12.3. The van der Waals surface area contributed by atoms with Gasteiger partial charge in [-0.25, -0.2) is 4.79 Å². The highest BCUT2D eigenvalue weighted by atomic mass is 16.5. The van der Waals surface area contributed by atoms with Gasteiger partial charge in [-0.2, -0.15) is 0 Å². The summed E-state index contributed by atoms with van der Waals surface area (Å²) in [6.07, 6.45) is 3.27. The molecule has 0 bridgehead atoms. The minimum atomic E-state index is -0.435. The second-order valence-corrected chi connectivity index (χ2v) is 5.98. The lowest BCUT2D eigenvalue weighted by molar-refractivity contribution is 0.0734. The lowest BCUT2D eigenvalue weighted by atomic mass is 10.1. The molecule has 0 radical (unpaired) electrons. The summed E-state index contributed by atoms with van der Waals surface area (Å²) in [5, 5.41) is 0. The van der Waals surface area contributed by atoms with E-state index in [1.807, 2.05) is 37.3 Å². The number of rotatable bonds is 7. The molecule has 0 unspecified atom stereocenters. The standard InChI is InChI=1S/C24H20O4/c1-2-27-21-13-8-18(9-14-21)10-17-23(25)19-11-15-22(16-12-19)28-24(26)20-6-4-3-5-7-20/h3-17H,2H2,1H3. The monoisotopic (exact) mass is 372 g/mol. The molecular formula is C24H20O4. The summed E-state index contributed by atoms with van der Waals surface area (Å²) in [5.41, 5.74) is 1.90. The molecule has 0 N–H and O–H groups in total. The zero-order valence-electron chi connectivity index (χ0n) is 15.5. The minimum absolute atomic E-state index is 0.130. The molecule has 0 amide bonds. The van der Waals surface area contributed by atoms with Crippen LogP contribution in [0.2, 0.25) is 0 Å². The first-order valence-corrected chi connectivity index (χ1v) is 8.98. The van der Waals surface area contributed by atoms with Gasteiger partial charge in [-0.1, -0.05) is 36.4 Å². The molecule has 0 saturated carbocycles. The number of hydrogen-bond donors (Lipinski definition) is 0. The Bertz CT molecular complexity index is 956. The van der Waals surface area contributed by atoms with Crippen molar-refractivity contribution in [2.45, 2.75) is 6.92 Å². The Morgan fingerprint density at radius 3 is 2.07 bits per heavy atom. The van der Waals surface area contributed by atoms with E-state index in [0.717, 1.165) is 11.3 Å². The van der Waals surface area contributed by atoms with Gasteiger partial charge in [0.25, 0.3) is 0 Å². The summed E-state index contributed by atoms with van der Waals surface area (Å²) in [6, 6.07) is 22.8. The molecule has 0 aromatic heterocycles. The topological polar surface area (TPSA) is 52.6 Å². The zero-order valence-corrected chi connectivity index (χ0v) is 15.5.